The van der Waals surface area contributed by atoms with Gasteiger partial charge in [0, 0.05) is 12.0 Å². The Balaban J connectivity index is 2.66. The van der Waals surface area contributed by atoms with E-state index in [0.29, 0.717) is 11.8 Å². The number of carbonyl (C=O) groups is 1. The minimum atomic E-state index is -0.300. The monoisotopic (exact) mass is 279 g/mol. The van der Waals surface area contributed by atoms with Crippen molar-refractivity contribution in [1.29, 1.82) is 0 Å². The summed E-state index contributed by atoms with van der Waals surface area (Å²) in [6.07, 6.45) is 5.02. The van der Waals surface area contributed by atoms with E-state index in [1.54, 1.807) is 0 Å². The van der Waals surface area contributed by atoms with Crippen molar-refractivity contribution < 1.29 is 4.79 Å². The molecule has 0 spiro atoms. The molecule has 1 N–H and O–H groups in total. The molecule has 0 aromatic carbocycles. The number of hydrogen-bond acceptors (Lipinski definition) is 1. The van der Waals surface area contributed by atoms with Crippen LogP contribution in [0.3, 0.4) is 0 Å². The molecule has 1 aliphatic rings. The molecule has 116 valence electrons. The van der Waals surface area contributed by atoms with Crippen molar-refractivity contribution in [1.82, 2.24) is 5.32 Å². The van der Waals surface area contributed by atoms with Crippen LogP contribution >= 0.6 is 0 Å². The summed E-state index contributed by atoms with van der Waals surface area (Å²) < 4.78 is 0. The molecule has 2 heteroatoms. The number of hydrogen-bond donors (Lipinski definition) is 1. The van der Waals surface area contributed by atoms with E-state index in [4.69, 9.17) is 0 Å². The molecule has 1 rings (SSSR count). The van der Waals surface area contributed by atoms with Crippen molar-refractivity contribution in [2.75, 3.05) is 6.54 Å². The van der Waals surface area contributed by atoms with Gasteiger partial charge in [0.05, 0.1) is 0 Å². The second-order valence-corrected chi connectivity index (χ2v) is 8.39. The van der Waals surface area contributed by atoms with Crippen LogP contribution in [0.4, 0.5) is 0 Å². The first-order valence-corrected chi connectivity index (χ1v) is 8.01. The zero-order valence-electron chi connectivity index (χ0n) is 14.3. The van der Waals surface area contributed by atoms with Crippen LogP contribution in [0.5, 0.6) is 0 Å². The van der Waals surface area contributed by atoms with E-state index in [9.17, 15) is 4.79 Å². The summed E-state index contributed by atoms with van der Waals surface area (Å²) in [5.41, 5.74) is 1.21. The Kier molecular flexibility index (Phi) is 5.46. The van der Waals surface area contributed by atoms with Crippen LogP contribution < -0.4 is 5.32 Å². The van der Waals surface area contributed by atoms with Gasteiger partial charge < -0.3 is 5.32 Å². The molecule has 2 nitrogen and oxygen atoms in total. The maximum atomic E-state index is 12.0. The highest BCUT2D eigenvalue weighted by Gasteiger charge is 2.32. The van der Waals surface area contributed by atoms with Crippen LogP contribution in [0.2, 0.25) is 0 Å². The molecule has 2 atom stereocenters. The molecule has 0 aliphatic heterocycles. The molecular weight excluding hydrogens is 246 g/mol. The zero-order chi connectivity index (χ0) is 15.6. The zero-order valence-corrected chi connectivity index (χ0v) is 14.3. The number of amides is 1. The van der Waals surface area contributed by atoms with Gasteiger partial charge in [-0.15, -0.1) is 0 Å². The van der Waals surface area contributed by atoms with E-state index in [-0.39, 0.29) is 16.7 Å². The van der Waals surface area contributed by atoms with Gasteiger partial charge in [-0.3, -0.25) is 4.79 Å². The van der Waals surface area contributed by atoms with Gasteiger partial charge in [0.2, 0.25) is 5.91 Å². The van der Waals surface area contributed by atoms with E-state index in [0.717, 1.165) is 6.54 Å². The quantitative estimate of drug-likeness (QED) is 0.754. The third kappa shape index (κ3) is 4.64. The van der Waals surface area contributed by atoms with Crippen molar-refractivity contribution in [3.8, 4) is 0 Å². The molecule has 1 amide bonds. The van der Waals surface area contributed by atoms with Crippen LogP contribution in [0.25, 0.3) is 0 Å². The van der Waals surface area contributed by atoms with Gasteiger partial charge in [-0.1, -0.05) is 66.5 Å². The minimum Gasteiger partial charge on any atom is -0.355 e. The smallest absolute Gasteiger partial charge is 0.225 e. The number of rotatable bonds is 3. The second-order valence-electron chi connectivity index (χ2n) is 8.39. The predicted molar refractivity (Wildman–Crippen MR) is 86.5 cm³/mol. The normalized spacial score (nSPS) is 24.3. The molecule has 0 bridgehead atoms. The first-order chi connectivity index (χ1) is 9.03. The third-order valence-corrected chi connectivity index (χ3v) is 4.53. The summed E-state index contributed by atoms with van der Waals surface area (Å²) in [5.74, 6) is 1.27. The van der Waals surface area contributed by atoms with E-state index in [1.807, 2.05) is 20.8 Å². The maximum absolute atomic E-state index is 12.0. The number of carbonyl (C=O) groups excluding carboxylic acids is 1. The fourth-order valence-corrected chi connectivity index (χ4v) is 2.96. The number of allylic oxidation sites excluding steroid dienone is 1. The lowest BCUT2D eigenvalue weighted by Gasteiger charge is -2.38. The van der Waals surface area contributed by atoms with Crippen molar-refractivity contribution in [2.45, 2.75) is 67.2 Å². The average molecular weight is 279 g/mol. The van der Waals surface area contributed by atoms with Gasteiger partial charge in [0.25, 0.3) is 0 Å². The maximum Gasteiger partial charge on any atom is 0.225 e. The molecule has 0 aromatic rings. The van der Waals surface area contributed by atoms with Crippen molar-refractivity contribution in [3.05, 3.63) is 12.2 Å². The molecule has 0 aromatic heterocycles. The fraction of sp³-hybridized carbons (Fsp3) is 0.833. The van der Waals surface area contributed by atoms with Crippen molar-refractivity contribution in [2.24, 2.45) is 22.7 Å². The lowest BCUT2D eigenvalue weighted by Crippen LogP contribution is -2.41. The molecule has 1 saturated carbocycles. The molecule has 1 aliphatic carbocycles. The van der Waals surface area contributed by atoms with Crippen LogP contribution in [0.15, 0.2) is 12.2 Å². The highest BCUT2D eigenvalue weighted by Crippen LogP contribution is 2.41. The molecule has 0 heterocycles. The standard InChI is InChI=1S/C18H33NO/c1-13(17(2,3)4)15-11-9-8-10-14(15)12-19-16(20)18(5,6)7/h14-15H,1,8-12H2,2-7H3,(H,19,20). The van der Waals surface area contributed by atoms with Gasteiger partial charge in [0.1, 0.15) is 0 Å². The van der Waals surface area contributed by atoms with Gasteiger partial charge in [-0.2, -0.15) is 0 Å². The lowest BCUT2D eigenvalue weighted by atomic mass is 9.68. The average Bonchev–Trinajstić information content (AvgIpc) is 2.33. The van der Waals surface area contributed by atoms with Crippen LogP contribution in [-0.2, 0) is 4.79 Å². The molecule has 0 saturated heterocycles. The van der Waals surface area contributed by atoms with Crippen LogP contribution in [0, 0.1) is 22.7 Å². The Labute approximate surface area is 125 Å². The summed E-state index contributed by atoms with van der Waals surface area (Å²) in [5, 5.41) is 3.15. The first-order valence-electron chi connectivity index (χ1n) is 8.01. The topological polar surface area (TPSA) is 29.1 Å². The Hall–Kier alpha value is -0.790. The molecule has 0 radical (unpaired) electrons. The Morgan fingerprint density at radius 1 is 1.05 bits per heavy atom. The Morgan fingerprint density at radius 3 is 2.10 bits per heavy atom. The van der Waals surface area contributed by atoms with E-state index >= 15 is 0 Å². The van der Waals surface area contributed by atoms with E-state index in [2.05, 4.69) is 32.7 Å². The Morgan fingerprint density at radius 2 is 1.60 bits per heavy atom. The lowest BCUT2D eigenvalue weighted by molar-refractivity contribution is -0.128. The third-order valence-electron chi connectivity index (χ3n) is 4.53. The van der Waals surface area contributed by atoms with Crippen molar-refractivity contribution >= 4 is 5.91 Å². The summed E-state index contributed by atoms with van der Waals surface area (Å²) in [6, 6.07) is 0. The van der Waals surface area contributed by atoms with Crippen LogP contribution in [-0.4, -0.2) is 12.5 Å². The van der Waals surface area contributed by atoms with E-state index in [1.165, 1.54) is 31.3 Å². The Bertz CT molecular complexity index is 357. The largest absolute Gasteiger partial charge is 0.355 e. The first kappa shape index (κ1) is 17.3. The van der Waals surface area contributed by atoms with E-state index < -0.39 is 0 Å². The summed E-state index contributed by atoms with van der Waals surface area (Å²) in [4.78, 5) is 12.0. The van der Waals surface area contributed by atoms with Crippen molar-refractivity contribution in [3.63, 3.8) is 0 Å². The SMILES string of the molecule is C=C(C1CCCCC1CNC(=O)C(C)(C)C)C(C)(C)C. The van der Waals surface area contributed by atoms with Crippen LogP contribution in [0.1, 0.15) is 67.2 Å². The number of nitrogens with one attached hydrogen (secondary N) is 1. The van der Waals surface area contributed by atoms with Gasteiger partial charge >= 0.3 is 0 Å². The second kappa shape index (κ2) is 6.32. The van der Waals surface area contributed by atoms with Gasteiger partial charge in [-0.05, 0) is 30.1 Å². The summed E-state index contributed by atoms with van der Waals surface area (Å²) in [6.45, 7) is 17.8. The molecule has 2 unspecified atom stereocenters. The minimum absolute atomic E-state index is 0.156. The summed E-state index contributed by atoms with van der Waals surface area (Å²) in [7, 11) is 0. The predicted octanol–water partition coefficient (Wildman–Crippen LogP) is 4.56. The summed E-state index contributed by atoms with van der Waals surface area (Å²) >= 11 is 0. The highest BCUT2D eigenvalue weighted by molar-refractivity contribution is 5.81. The van der Waals surface area contributed by atoms with Gasteiger partial charge in [-0.25, -0.2) is 0 Å². The molecule has 20 heavy (non-hydrogen) atoms. The highest BCUT2D eigenvalue weighted by atomic mass is 16.2. The molecule has 1 fully saturated rings. The molecular formula is C18H33NO. The fourth-order valence-electron chi connectivity index (χ4n) is 2.96. The van der Waals surface area contributed by atoms with Gasteiger partial charge in [0.15, 0.2) is 0 Å².